The van der Waals surface area contributed by atoms with Gasteiger partial charge in [-0.2, -0.15) is 0 Å². The Hall–Kier alpha value is 0.662. The van der Waals surface area contributed by atoms with E-state index in [4.69, 9.17) is 0 Å². The number of hydrogen-bond acceptors (Lipinski definition) is 0. The van der Waals surface area contributed by atoms with Gasteiger partial charge < -0.3 is 7.28 Å². The fourth-order valence-corrected chi connectivity index (χ4v) is 0.553. The molecule has 8 heavy (non-hydrogen) atoms. The van der Waals surface area contributed by atoms with Crippen molar-refractivity contribution in [1.29, 1.82) is 0 Å². The van der Waals surface area contributed by atoms with Gasteiger partial charge >= 0.3 is 18.9 Å². The molecule has 0 unspecified atom stereocenters. The largest absolute Gasteiger partial charge is 1.00 e. The predicted molar refractivity (Wildman–Crippen MR) is 35.9 cm³/mol. The Kier molecular flexibility index (Phi) is 15.2. The van der Waals surface area contributed by atoms with Crippen molar-refractivity contribution in [3.8, 4) is 0 Å². The van der Waals surface area contributed by atoms with Gasteiger partial charge in [-0.15, -0.1) is 0 Å². The van der Waals surface area contributed by atoms with Crippen LogP contribution in [0.2, 0.25) is 12.6 Å². The minimum absolute atomic E-state index is 0. The molecule has 0 aromatic rings. The average Bonchev–Trinajstić information content (AvgIpc) is 1.69. The van der Waals surface area contributed by atoms with Gasteiger partial charge in [-0.25, -0.2) is 12.6 Å². The van der Waals surface area contributed by atoms with Gasteiger partial charge in [0.1, 0.15) is 0 Å². The second kappa shape index (κ2) is 10.6. The summed E-state index contributed by atoms with van der Waals surface area (Å²) < 4.78 is 0. The maximum atomic E-state index is 2.36. The monoisotopic (exact) mass is 104 g/mol. The molecular formula is C6H14BLi. The summed E-state index contributed by atoms with van der Waals surface area (Å²) in [7, 11) is 2.36. The summed E-state index contributed by atoms with van der Waals surface area (Å²) in [6.07, 6.45) is 5.21. The first-order chi connectivity index (χ1) is 3.41. The summed E-state index contributed by atoms with van der Waals surface area (Å²) in [5.74, 6) is 0. The summed E-state index contributed by atoms with van der Waals surface area (Å²) in [6, 6.07) is 0. The predicted octanol–water partition coefficient (Wildman–Crippen LogP) is -0.649. The topological polar surface area (TPSA) is 0 Å². The first-order valence-corrected chi connectivity index (χ1v) is 3.23. The second-order valence-corrected chi connectivity index (χ2v) is 1.87. The van der Waals surface area contributed by atoms with Gasteiger partial charge in [-0.1, -0.05) is 26.7 Å². The summed E-state index contributed by atoms with van der Waals surface area (Å²) in [6.45, 7) is 4.43. The van der Waals surface area contributed by atoms with Gasteiger partial charge in [0.25, 0.3) is 0 Å². The summed E-state index contributed by atoms with van der Waals surface area (Å²) in [5.41, 5.74) is 0. The molecule has 0 saturated heterocycles. The minimum Gasteiger partial charge on any atom is -0.336 e. The Balaban J connectivity index is 0. The fraction of sp³-hybridized carbons (Fsp3) is 1.00. The molecule has 0 N–H and O–H groups in total. The zero-order chi connectivity index (χ0) is 5.54. The zero-order valence-electron chi connectivity index (χ0n) is 6.41. The van der Waals surface area contributed by atoms with Crippen molar-refractivity contribution >= 4 is 7.28 Å². The molecule has 0 heterocycles. The van der Waals surface area contributed by atoms with Crippen LogP contribution in [0.25, 0.3) is 0 Å². The van der Waals surface area contributed by atoms with E-state index in [-0.39, 0.29) is 18.9 Å². The van der Waals surface area contributed by atoms with Crippen LogP contribution >= 0.6 is 0 Å². The van der Waals surface area contributed by atoms with Gasteiger partial charge in [0, 0.05) is 0 Å². The van der Waals surface area contributed by atoms with E-state index in [1.54, 1.807) is 0 Å². The molecule has 0 saturated carbocycles. The molecule has 0 nitrogen and oxygen atoms in total. The maximum Gasteiger partial charge on any atom is 1.00 e. The molecule has 0 aliphatic carbocycles. The number of rotatable bonds is 4. The van der Waals surface area contributed by atoms with Gasteiger partial charge in [0.15, 0.2) is 0 Å². The van der Waals surface area contributed by atoms with Gasteiger partial charge in [-0.3, -0.25) is 0 Å². The van der Waals surface area contributed by atoms with Crippen LogP contribution in [-0.4, -0.2) is 7.28 Å². The zero-order valence-corrected chi connectivity index (χ0v) is 6.41. The third-order valence-corrected chi connectivity index (χ3v) is 0.986. The van der Waals surface area contributed by atoms with Crippen molar-refractivity contribution in [2.45, 2.75) is 39.3 Å². The molecule has 0 aromatic heterocycles. The Morgan fingerprint density at radius 1 is 1.00 bits per heavy atom. The van der Waals surface area contributed by atoms with Crippen molar-refractivity contribution in [3.63, 3.8) is 0 Å². The smallest absolute Gasteiger partial charge is 0.336 e. The molecule has 0 rings (SSSR count). The van der Waals surface area contributed by atoms with Crippen molar-refractivity contribution in [2.75, 3.05) is 0 Å². The first kappa shape index (κ1) is 11.5. The van der Waals surface area contributed by atoms with E-state index in [9.17, 15) is 0 Å². The molecular weight excluding hydrogens is 89.8 g/mol. The van der Waals surface area contributed by atoms with Crippen LogP contribution in [0.3, 0.4) is 0 Å². The van der Waals surface area contributed by atoms with Crippen molar-refractivity contribution in [2.24, 2.45) is 0 Å². The molecule has 0 fully saturated rings. The molecule has 0 aliphatic heterocycles. The molecule has 0 amide bonds. The summed E-state index contributed by atoms with van der Waals surface area (Å²) in [4.78, 5) is 0. The van der Waals surface area contributed by atoms with E-state index < -0.39 is 0 Å². The molecule has 0 aromatic carbocycles. The van der Waals surface area contributed by atoms with Crippen LogP contribution < -0.4 is 18.9 Å². The fourth-order valence-electron chi connectivity index (χ4n) is 0.553. The van der Waals surface area contributed by atoms with Gasteiger partial charge in [0.2, 0.25) is 0 Å². The Labute approximate surface area is 65.8 Å². The van der Waals surface area contributed by atoms with E-state index in [1.165, 1.54) is 25.5 Å². The van der Waals surface area contributed by atoms with E-state index in [0.717, 1.165) is 0 Å². The molecule has 0 atom stereocenters. The Morgan fingerprint density at radius 3 is 1.62 bits per heavy atom. The quantitative estimate of drug-likeness (QED) is 0.328. The minimum atomic E-state index is 0. The molecule has 2 heteroatoms. The van der Waals surface area contributed by atoms with E-state index in [1.807, 2.05) is 0 Å². The molecule has 42 valence electrons. The average molecular weight is 104 g/mol. The summed E-state index contributed by atoms with van der Waals surface area (Å²) in [5, 5.41) is 0. The van der Waals surface area contributed by atoms with Crippen molar-refractivity contribution in [1.82, 2.24) is 0 Å². The summed E-state index contributed by atoms with van der Waals surface area (Å²) >= 11 is 0. The normalized spacial score (nSPS) is 8.25. The van der Waals surface area contributed by atoms with Crippen LogP contribution in [0.1, 0.15) is 26.7 Å². The molecule has 0 spiro atoms. The molecule has 2 radical (unpaired) electrons. The SMILES string of the molecule is CCC[B-]CCC.[Li+]. The van der Waals surface area contributed by atoms with Crippen LogP contribution in [0, 0.1) is 0 Å². The number of hydrogen-bond donors (Lipinski definition) is 0. The van der Waals surface area contributed by atoms with Crippen molar-refractivity contribution in [3.05, 3.63) is 0 Å². The maximum absolute atomic E-state index is 2.36. The van der Waals surface area contributed by atoms with E-state index in [2.05, 4.69) is 21.1 Å². The Bertz CT molecular complexity index is 27.7. The third kappa shape index (κ3) is 9.83. The van der Waals surface area contributed by atoms with Gasteiger partial charge in [0.05, 0.1) is 0 Å². The molecule has 0 bridgehead atoms. The van der Waals surface area contributed by atoms with Crippen LogP contribution in [-0.2, 0) is 0 Å². The van der Waals surface area contributed by atoms with Crippen LogP contribution in [0.5, 0.6) is 0 Å². The van der Waals surface area contributed by atoms with Gasteiger partial charge in [-0.05, 0) is 0 Å². The van der Waals surface area contributed by atoms with E-state index >= 15 is 0 Å². The van der Waals surface area contributed by atoms with Crippen LogP contribution in [0.15, 0.2) is 0 Å². The van der Waals surface area contributed by atoms with Crippen molar-refractivity contribution < 1.29 is 18.9 Å². The first-order valence-electron chi connectivity index (χ1n) is 3.23. The second-order valence-electron chi connectivity index (χ2n) is 1.87. The van der Waals surface area contributed by atoms with Crippen LogP contribution in [0.4, 0.5) is 0 Å². The Morgan fingerprint density at radius 2 is 1.38 bits per heavy atom. The molecule has 0 aliphatic rings. The third-order valence-electron chi connectivity index (χ3n) is 0.986. The standard InChI is InChI=1S/C6H14B.Li/c1-3-5-7-6-4-2;/h3-6H2,1-2H3;/q-1;+1. The van der Waals surface area contributed by atoms with E-state index in [0.29, 0.717) is 0 Å².